The van der Waals surface area contributed by atoms with E-state index >= 15 is 0 Å². The molecule has 6 nitrogen and oxygen atoms in total. The van der Waals surface area contributed by atoms with Gasteiger partial charge in [-0.25, -0.2) is 0 Å². The Morgan fingerprint density at radius 2 is 1.85 bits per heavy atom. The molecule has 0 saturated carbocycles. The van der Waals surface area contributed by atoms with Gasteiger partial charge in [-0.05, 0) is 71.0 Å². The predicted octanol–water partition coefficient (Wildman–Crippen LogP) is 3.86. The summed E-state index contributed by atoms with van der Waals surface area (Å²) >= 11 is 0. The lowest BCUT2D eigenvalue weighted by Gasteiger charge is -2.44. The number of nitrogens with zero attached hydrogens (tertiary/aromatic N) is 3. The minimum absolute atomic E-state index is 0. The molecule has 4 rings (SSSR count). The molecule has 3 saturated heterocycles. The fraction of sp³-hybridized carbons (Fsp3) is 0.731. The van der Waals surface area contributed by atoms with Gasteiger partial charge in [0, 0.05) is 50.5 Å². The highest BCUT2D eigenvalue weighted by atomic mass is 127. The van der Waals surface area contributed by atoms with Crippen molar-refractivity contribution in [1.82, 2.24) is 20.4 Å². The normalized spacial score (nSPS) is 26.5. The summed E-state index contributed by atoms with van der Waals surface area (Å²) < 4.78 is 5.71. The number of halogens is 1. The molecule has 3 aliphatic rings. The lowest BCUT2D eigenvalue weighted by molar-refractivity contribution is -0.0139. The van der Waals surface area contributed by atoms with E-state index in [1.54, 1.807) is 0 Å². The van der Waals surface area contributed by atoms with E-state index in [2.05, 4.69) is 64.6 Å². The van der Waals surface area contributed by atoms with Crippen LogP contribution in [0.2, 0.25) is 0 Å². The van der Waals surface area contributed by atoms with E-state index < -0.39 is 0 Å². The molecule has 0 radical (unpaired) electrons. The zero-order valence-electron chi connectivity index (χ0n) is 20.6. The van der Waals surface area contributed by atoms with E-state index in [-0.39, 0.29) is 29.5 Å². The van der Waals surface area contributed by atoms with Crippen LogP contribution in [0.3, 0.4) is 0 Å². The zero-order valence-corrected chi connectivity index (χ0v) is 22.9. The maximum absolute atomic E-state index is 5.71. The first kappa shape index (κ1) is 26.7. The maximum Gasteiger partial charge on any atom is 0.191 e. The van der Waals surface area contributed by atoms with Gasteiger partial charge in [-0.15, -0.1) is 24.0 Å². The Balaban J connectivity index is 0.00000306. The minimum Gasteiger partial charge on any atom is -0.381 e. The number of likely N-dealkylation sites (tertiary alicyclic amines) is 2. The fourth-order valence-electron chi connectivity index (χ4n) is 5.66. The smallest absolute Gasteiger partial charge is 0.191 e. The van der Waals surface area contributed by atoms with Crippen LogP contribution >= 0.6 is 24.0 Å². The van der Waals surface area contributed by atoms with Crippen LogP contribution in [0.5, 0.6) is 0 Å². The van der Waals surface area contributed by atoms with Crippen molar-refractivity contribution in [3.8, 4) is 0 Å². The highest BCUT2D eigenvalue weighted by molar-refractivity contribution is 14.0. The van der Waals surface area contributed by atoms with E-state index in [1.807, 2.05) is 0 Å². The first-order chi connectivity index (χ1) is 15.7. The molecule has 0 spiro atoms. The highest BCUT2D eigenvalue weighted by Gasteiger charge is 2.39. The van der Waals surface area contributed by atoms with Crippen LogP contribution in [-0.2, 0) is 11.3 Å². The van der Waals surface area contributed by atoms with Crippen molar-refractivity contribution < 1.29 is 4.74 Å². The Morgan fingerprint density at radius 1 is 1.12 bits per heavy atom. The lowest BCUT2D eigenvalue weighted by Crippen LogP contribution is -2.55. The first-order valence-electron chi connectivity index (χ1n) is 12.8. The third kappa shape index (κ3) is 7.29. The SMILES string of the molecule is CCNC(=NCC1(N2CCCC2)CCOCC1)NC1CCN(Cc2ccccc2)C(C)C1.I. The van der Waals surface area contributed by atoms with E-state index in [0.717, 1.165) is 71.0 Å². The lowest BCUT2D eigenvalue weighted by atomic mass is 9.88. The van der Waals surface area contributed by atoms with Crippen molar-refractivity contribution in [3.63, 3.8) is 0 Å². The minimum atomic E-state index is 0. The van der Waals surface area contributed by atoms with Crippen molar-refractivity contribution in [2.75, 3.05) is 45.9 Å². The Morgan fingerprint density at radius 3 is 2.52 bits per heavy atom. The molecule has 2 N–H and O–H groups in total. The molecule has 0 aliphatic carbocycles. The fourth-order valence-corrected chi connectivity index (χ4v) is 5.66. The molecule has 1 aromatic rings. The molecule has 2 atom stereocenters. The number of aliphatic imine (C=N–C) groups is 1. The van der Waals surface area contributed by atoms with Crippen molar-refractivity contribution >= 4 is 29.9 Å². The standard InChI is InChI=1S/C26H43N5O.HI/c1-3-27-25(28-21-26(12-17-32-18-13-26)31-14-7-8-15-31)29-24-11-16-30(22(2)19-24)20-23-9-5-4-6-10-23;/h4-6,9-10,22,24H,3,7-8,11-21H2,1-2H3,(H2,27,28,29);1H. The number of benzene rings is 1. The van der Waals surface area contributed by atoms with E-state index in [9.17, 15) is 0 Å². The monoisotopic (exact) mass is 569 g/mol. The number of hydrogen-bond donors (Lipinski definition) is 2. The summed E-state index contributed by atoms with van der Waals surface area (Å²) in [6, 6.07) is 11.9. The number of guanidine groups is 1. The molecular formula is C26H44IN5O. The molecule has 186 valence electrons. The first-order valence-corrected chi connectivity index (χ1v) is 12.8. The van der Waals surface area contributed by atoms with E-state index in [1.165, 1.54) is 31.5 Å². The predicted molar refractivity (Wildman–Crippen MR) is 147 cm³/mol. The van der Waals surface area contributed by atoms with Crippen molar-refractivity contribution in [1.29, 1.82) is 0 Å². The molecule has 0 amide bonds. The number of nitrogens with one attached hydrogen (secondary N) is 2. The third-order valence-corrected chi connectivity index (χ3v) is 7.66. The van der Waals surface area contributed by atoms with Gasteiger partial charge in [0.25, 0.3) is 0 Å². The average molecular weight is 570 g/mol. The van der Waals surface area contributed by atoms with Crippen molar-refractivity contribution in [2.45, 2.75) is 76.5 Å². The van der Waals surface area contributed by atoms with Crippen LogP contribution in [0.25, 0.3) is 0 Å². The maximum atomic E-state index is 5.71. The van der Waals surface area contributed by atoms with Crippen LogP contribution in [0.1, 0.15) is 57.9 Å². The Kier molecular flexibility index (Phi) is 10.7. The Bertz CT molecular complexity index is 719. The third-order valence-electron chi connectivity index (χ3n) is 7.66. The van der Waals surface area contributed by atoms with Gasteiger partial charge in [0.05, 0.1) is 6.54 Å². The Labute approximate surface area is 217 Å². The van der Waals surface area contributed by atoms with Gasteiger partial charge in [-0.1, -0.05) is 30.3 Å². The molecule has 2 unspecified atom stereocenters. The second-order valence-electron chi connectivity index (χ2n) is 9.90. The molecule has 3 heterocycles. The number of rotatable bonds is 7. The summed E-state index contributed by atoms with van der Waals surface area (Å²) in [7, 11) is 0. The van der Waals surface area contributed by atoms with E-state index in [4.69, 9.17) is 9.73 Å². The van der Waals surface area contributed by atoms with Crippen LogP contribution in [0.15, 0.2) is 35.3 Å². The van der Waals surface area contributed by atoms with E-state index in [0.29, 0.717) is 12.1 Å². The molecule has 7 heteroatoms. The number of ether oxygens (including phenoxy) is 1. The molecule has 0 bridgehead atoms. The highest BCUT2D eigenvalue weighted by Crippen LogP contribution is 2.31. The summed E-state index contributed by atoms with van der Waals surface area (Å²) in [5.41, 5.74) is 1.59. The van der Waals surface area contributed by atoms with Crippen LogP contribution in [-0.4, -0.2) is 79.3 Å². The molecule has 0 aromatic heterocycles. The largest absolute Gasteiger partial charge is 0.381 e. The van der Waals surface area contributed by atoms with Gasteiger partial charge in [0.1, 0.15) is 0 Å². The summed E-state index contributed by atoms with van der Waals surface area (Å²) in [4.78, 5) is 10.5. The van der Waals surface area contributed by atoms with Crippen LogP contribution in [0, 0.1) is 0 Å². The van der Waals surface area contributed by atoms with Gasteiger partial charge in [0.2, 0.25) is 0 Å². The van der Waals surface area contributed by atoms with Gasteiger partial charge in [0.15, 0.2) is 5.96 Å². The van der Waals surface area contributed by atoms with Crippen molar-refractivity contribution in [3.05, 3.63) is 35.9 Å². The van der Waals surface area contributed by atoms with Gasteiger partial charge in [-0.3, -0.25) is 14.8 Å². The number of piperidine rings is 1. The quantitative estimate of drug-likeness (QED) is 0.297. The van der Waals surface area contributed by atoms with Gasteiger partial charge >= 0.3 is 0 Å². The molecule has 3 aliphatic heterocycles. The second-order valence-corrected chi connectivity index (χ2v) is 9.90. The Hall–Kier alpha value is -0.900. The topological polar surface area (TPSA) is 52.1 Å². The van der Waals surface area contributed by atoms with Gasteiger partial charge < -0.3 is 15.4 Å². The zero-order chi connectivity index (χ0) is 22.2. The average Bonchev–Trinajstić information content (AvgIpc) is 3.37. The molecular weight excluding hydrogens is 525 g/mol. The van der Waals surface area contributed by atoms with Gasteiger partial charge in [-0.2, -0.15) is 0 Å². The summed E-state index contributed by atoms with van der Waals surface area (Å²) in [6.45, 7) is 12.6. The number of hydrogen-bond acceptors (Lipinski definition) is 4. The molecule has 3 fully saturated rings. The van der Waals surface area contributed by atoms with Crippen molar-refractivity contribution in [2.24, 2.45) is 4.99 Å². The van der Waals surface area contributed by atoms with Crippen LogP contribution < -0.4 is 10.6 Å². The summed E-state index contributed by atoms with van der Waals surface area (Å²) in [5.74, 6) is 0.992. The molecule has 1 aromatic carbocycles. The molecule has 33 heavy (non-hydrogen) atoms. The second kappa shape index (κ2) is 13.3. The summed E-state index contributed by atoms with van der Waals surface area (Å²) in [6.07, 6.45) is 7.17. The van der Waals surface area contributed by atoms with Crippen LogP contribution in [0.4, 0.5) is 0 Å². The summed E-state index contributed by atoms with van der Waals surface area (Å²) in [5, 5.41) is 7.30.